The van der Waals surface area contributed by atoms with Gasteiger partial charge in [-0.1, -0.05) is 18.2 Å². The van der Waals surface area contributed by atoms with Gasteiger partial charge in [-0.15, -0.1) is 11.3 Å². The summed E-state index contributed by atoms with van der Waals surface area (Å²) in [5.74, 6) is -1.67. The monoisotopic (exact) mass is 370 g/mol. The Morgan fingerprint density at radius 1 is 1.15 bits per heavy atom. The van der Waals surface area contributed by atoms with Crippen molar-refractivity contribution in [2.45, 2.75) is 25.3 Å². The Morgan fingerprint density at radius 2 is 1.85 bits per heavy atom. The molecule has 3 aromatic rings. The number of aryl methyl sites for hydroxylation is 1. The summed E-state index contributed by atoms with van der Waals surface area (Å²) in [4.78, 5) is 16.8. The van der Waals surface area contributed by atoms with E-state index in [0.29, 0.717) is 12.0 Å². The van der Waals surface area contributed by atoms with Gasteiger partial charge >= 0.3 is 0 Å². The third-order valence-electron chi connectivity index (χ3n) is 4.49. The van der Waals surface area contributed by atoms with Gasteiger partial charge in [-0.05, 0) is 37.6 Å². The first-order valence-electron chi connectivity index (χ1n) is 8.30. The number of halogens is 2. The van der Waals surface area contributed by atoms with E-state index in [2.05, 4.69) is 10.3 Å². The lowest BCUT2D eigenvalue weighted by Gasteiger charge is -2.07. The lowest BCUT2D eigenvalue weighted by molar-refractivity contribution is 0.0950. The number of rotatable bonds is 4. The summed E-state index contributed by atoms with van der Waals surface area (Å²) < 4.78 is 27.6. The minimum atomic E-state index is -0.560. The predicted octanol–water partition coefficient (Wildman–Crippen LogP) is 4.68. The number of benzene rings is 2. The lowest BCUT2D eigenvalue weighted by atomic mass is 10.1. The van der Waals surface area contributed by atoms with Gasteiger partial charge in [-0.3, -0.25) is 4.79 Å². The van der Waals surface area contributed by atoms with Crippen LogP contribution in [0.25, 0.3) is 10.6 Å². The molecule has 3 nitrogen and oxygen atoms in total. The second kappa shape index (κ2) is 6.61. The lowest BCUT2D eigenvalue weighted by Crippen LogP contribution is -2.26. The van der Waals surface area contributed by atoms with Crippen LogP contribution in [0.3, 0.4) is 0 Å². The van der Waals surface area contributed by atoms with E-state index in [4.69, 9.17) is 0 Å². The smallest absolute Gasteiger partial charge is 0.251 e. The van der Waals surface area contributed by atoms with Crippen molar-refractivity contribution >= 4 is 17.2 Å². The quantitative estimate of drug-likeness (QED) is 0.724. The molecule has 1 saturated carbocycles. The molecular formula is C20H16F2N2OS. The van der Waals surface area contributed by atoms with Crippen LogP contribution in [0.4, 0.5) is 8.78 Å². The van der Waals surface area contributed by atoms with Crippen LogP contribution >= 0.6 is 11.3 Å². The van der Waals surface area contributed by atoms with Crippen LogP contribution in [0.2, 0.25) is 0 Å². The van der Waals surface area contributed by atoms with Gasteiger partial charge in [0.25, 0.3) is 5.91 Å². The van der Waals surface area contributed by atoms with Crippen LogP contribution in [-0.2, 0) is 0 Å². The maximum absolute atomic E-state index is 13.8. The minimum absolute atomic E-state index is 0.0623. The molecular weight excluding hydrogens is 354 g/mol. The fourth-order valence-corrected chi connectivity index (χ4v) is 3.84. The normalized spacial score (nSPS) is 18.6. The van der Waals surface area contributed by atoms with E-state index in [1.807, 2.05) is 24.4 Å². The number of nitrogens with one attached hydrogen (secondary N) is 1. The number of hydrogen-bond acceptors (Lipinski definition) is 3. The van der Waals surface area contributed by atoms with Crippen molar-refractivity contribution in [1.29, 1.82) is 0 Å². The molecule has 0 saturated heterocycles. The molecule has 1 amide bonds. The largest absolute Gasteiger partial charge is 0.349 e. The zero-order valence-corrected chi connectivity index (χ0v) is 14.8. The van der Waals surface area contributed by atoms with Gasteiger partial charge < -0.3 is 5.32 Å². The Kier molecular flexibility index (Phi) is 4.28. The van der Waals surface area contributed by atoms with Gasteiger partial charge in [0, 0.05) is 39.7 Å². The number of nitrogens with zero attached hydrogens (tertiary/aromatic N) is 1. The van der Waals surface area contributed by atoms with Gasteiger partial charge in [0.15, 0.2) is 0 Å². The standard InChI is InChI=1S/C20H16F2N2OS/c1-11-10-26-20(23-11)13-7-5-12(6-8-13)19(25)24-17-9-14(17)18-15(21)3-2-4-16(18)22/h2-8,10,14,17H,9H2,1H3,(H,24,25). The van der Waals surface area contributed by atoms with Gasteiger partial charge in [0.1, 0.15) is 16.6 Å². The number of aromatic nitrogens is 1. The van der Waals surface area contributed by atoms with Crippen LogP contribution in [-0.4, -0.2) is 16.9 Å². The Labute approximate surface area is 153 Å². The molecule has 0 bridgehead atoms. The van der Waals surface area contributed by atoms with Crippen molar-refractivity contribution in [3.05, 3.63) is 76.3 Å². The highest BCUT2D eigenvalue weighted by Gasteiger charge is 2.42. The van der Waals surface area contributed by atoms with E-state index in [9.17, 15) is 13.6 Å². The summed E-state index contributed by atoms with van der Waals surface area (Å²) in [5.41, 5.74) is 2.50. The van der Waals surface area contributed by atoms with Crippen LogP contribution < -0.4 is 5.32 Å². The van der Waals surface area contributed by atoms with E-state index in [1.165, 1.54) is 18.2 Å². The maximum atomic E-state index is 13.8. The molecule has 4 rings (SSSR count). The molecule has 1 N–H and O–H groups in total. The summed E-state index contributed by atoms with van der Waals surface area (Å²) >= 11 is 1.56. The summed E-state index contributed by atoms with van der Waals surface area (Å²) in [6.07, 6.45) is 0.542. The van der Waals surface area contributed by atoms with Gasteiger partial charge in [-0.25, -0.2) is 13.8 Å². The molecule has 2 aromatic carbocycles. The van der Waals surface area contributed by atoms with Crippen molar-refractivity contribution < 1.29 is 13.6 Å². The number of carbonyl (C=O) groups excluding carboxylic acids is 1. The Hall–Kier alpha value is -2.60. The molecule has 1 fully saturated rings. The molecule has 1 heterocycles. The van der Waals surface area contributed by atoms with Crippen LogP contribution in [0, 0.1) is 18.6 Å². The topological polar surface area (TPSA) is 42.0 Å². The Morgan fingerprint density at radius 3 is 2.46 bits per heavy atom. The maximum Gasteiger partial charge on any atom is 0.251 e. The highest BCUT2D eigenvalue weighted by molar-refractivity contribution is 7.13. The average molecular weight is 370 g/mol. The van der Waals surface area contributed by atoms with E-state index in [1.54, 1.807) is 23.5 Å². The van der Waals surface area contributed by atoms with Crippen molar-refractivity contribution in [1.82, 2.24) is 10.3 Å². The number of hydrogen-bond donors (Lipinski definition) is 1. The fourth-order valence-electron chi connectivity index (χ4n) is 3.04. The number of amides is 1. The van der Waals surface area contributed by atoms with E-state index in [-0.39, 0.29) is 23.4 Å². The van der Waals surface area contributed by atoms with Crippen molar-refractivity contribution in [2.24, 2.45) is 0 Å². The summed E-state index contributed by atoms with van der Waals surface area (Å²) in [5, 5.41) is 5.74. The number of carbonyl (C=O) groups is 1. The van der Waals surface area contributed by atoms with Crippen molar-refractivity contribution in [3.8, 4) is 10.6 Å². The fraction of sp³-hybridized carbons (Fsp3) is 0.200. The summed E-state index contributed by atoms with van der Waals surface area (Å²) in [6, 6.07) is 10.8. The molecule has 2 atom stereocenters. The second-order valence-corrected chi connectivity index (χ2v) is 7.29. The zero-order valence-electron chi connectivity index (χ0n) is 14.0. The first-order chi connectivity index (χ1) is 12.5. The van der Waals surface area contributed by atoms with Crippen molar-refractivity contribution in [3.63, 3.8) is 0 Å². The molecule has 0 spiro atoms. The highest BCUT2D eigenvalue weighted by atomic mass is 32.1. The van der Waals surface area contributed by atoms with E-state index in [0.717, 1.165) is 16.3 Å². The first kappa shape index (κ1) is 16.8. The number of thiazole rings is 1. The van der Waals surface area contributed by atoms with Crippen LogP contribution in [0.15, 0.2) is 47.8 Å². The molecule has 2 unspecified atom stereocenters. The Balaban J connectivity index is 1.43. The minimum Gasteiger partial charge on any atom is -0.349 e. The Bertz CT molecular complexity index is 948. The molecule has 1 aliphatic carbocycles. The first-order valence-corrected chi connectivity index (χ1v) is 9.18. The van der Waals surface area contributed by atoms with Gasteiger partial charge in [0.05, 0.1) is 0 Å². The van der Waals surface area contributed by atoms with Crippen LogP contribution in [0.1, 0.15) is 34.0 Å². The molecule has 132 valence electrons. The van der Waals surface area contributed by atoms with Crippen LogP contribution in [0.5, 0.6) is 0 Å². The predicted molar refractivity (Wildman–Crippen MR) is 97.3 cm³/mol. The molecule has 6 heteroatoms. The van der Waals surface area contributed by atoms with Crippen molar-refractivity contribution in [2.75, 3.05) is 0 Å². The molecule has 0 radical (unpaired) electrons. The SMILES string of the molecule is Cc1csc(-c2ccc(C(=O)NC3CC3c3c(F)cccc3F)cc2)n1. The second-order valence-electron chi connectivity index (χ2n) is 6.43. The molecule has 26 heavy (non-hydrogen) atoms. The third-order valence-corrected chi connectivity index (χ3v) is 5.50. The summed E-state index contributed by atoms with van der Waals surface area (Å²) in [6.45, 7) is 1.94. The highest BCUT2D eigenvalue weighted by Crippen LogP contribution is 2.43. The summed E-state index contributed by atoms with van der Waals surface area (Å²) in [7, 11) is 0. The molecule has 1 aromatic heterocycles. The van der Waals surface area contributed by atoms with Gasteiger partial charge in [0.2, 0.25) is 0 Å². The molecule has 0 aliphatic heterocycles. The third kappa shape index (κ3) is 3.24. The zero-order chi connectivity index (χ0) is 18.3. The van der Waals surface area contributed by atoms with E-state index < -0.39 is 11.6 Å². The van der Waals surface area contributed by atoms with Gasteiger partial charge in [-0.2, -0.15) is 0 Å². The molecule has 1 aliphatic rings. The van der Waals surface area contributed by atoms with E-state index >= 15 is 0 Å². The average Bonchev–Trinajstić information content (AvgIpc) is 3.22.